The fourth-order valence-electron chi connectivity index (χ4n) is 16.8. The van der Waals surface area contributed by atoms with Crippen molar-refractivity contribution in [1.29, 1.82) is 0 Å². The summed E-state index contributed by atoms with van der Waals surface area (Å²) in [6, 6.07) is 155. The van der Waals surface area contributed by atoms with E-state index in [4.69, 9.17) is 29.9 Å². The number of pyridine rings is 3. The molecule has 0 amide bonds. The minimum absolute atomic E-state index is 0.700. The molecule has 0 aliphatic heterocycles. The van der Waals surface area contributed by atoms with Crippen molar-refractivity contribution in [1.82, 2.24) is 44.9 Å². The molecule has 0 aliphatic carbocycles. The summed E-state index contributed by atoms with van der Waals surface area (Å²) in [5.41, 5.74) is 28.0. The highest BCUT2D eigenvalue weighted by molar-refractivity contribution is 5.97. The largest absolute Gasteiger partial charge is 0.264 e. The Labute approximate surface area is 742 Å². The predicted octanol–water partition coefficient (Wildman–Crippen LogP) is 30.4. The molecule has 9 nitrogen and oxygen atoms in total. The van der Waals surface area contributed by atoms with E-state index >= 15 is 0 Å². The lowest BCUT2D eigenvalue weighted by atomic mass is 9.97. The van der Waals surface area contributed by atoms with Crippen LogP contribution >= 0.6 is 0 Å². The molecule has 0 radical (unpaired) electrons. The monoisotopic (exact) mass is 1630 g/mol. The number of benzene rings is 17. The van der Waals surface area contributed by atoms with Crippen molar-refractivity contribution in [3.8, 4) is 168 Å². The van der Waals surface area contributed by atoms with E-state index in [0.717, 1.165) is 150 Å². The van der Waals surface area contributed by atoms with Gasteiger partial charge in [-0.25, -0.2) is 29.9 Å². The molecule has 23 rings (SSSR count). The van der Waals surface area contributed by atoms with Crippen LogP contribution in [0.4, 0.5) is 0 Å². The van der Waals surface area contributed by atoms with E-state index in [0.29, 0.717) is 17.5 Å². The van der Waals surface area contributed by atoms with Crippen molar-refractivity contribution in [3.05, 3.63) is 480 Å². The molecule has 600 valence electrons. The number of aromatic nitrogens is 9. The smallest absolute Gasteiger partial charge is 0.161 e. The molecule has 0 spiro atoms. The van der Waals surface area contributed by atoms with E-state index in [-0.39, 0.29) is 0 Å². The lowest BCUT2D eigenvalue weighted by Gasteiger charge is -2.13. The van der Waals surface area contributed by atoms with E-state index in [2.05, 4.69) is 421 Å². The normalized spacial score (nSPS) is 11.1. The Morgan fingerprint density at radius 2 is 0.359 bits per heavy atom. The third kappa shape index (κ3) is 17.1. The molecule has 0 fully saturated rings. The summed E-state index contributed by atoms with van der Waals surface area (Å²) in [6.07, 6.45) is 11.1. The summed E-state index contributed by atoms with van der Waals surface area (Å²) in [5, 5.41) is 12.1. The van der Waals surface area contributed by atoms with Gasteiger partial charge >= 0.3 is 0 Å². The van der Waals surface area contributed by atoms with Gasteiger partial charge in [-0.3, -0.25) is 15.0 Å². The van der Waals surface area contributed by atoms with Crippen LogP contribution in [-0.4, -0.2) is 44.9 Å². The van der Waals surface area contributed by atoms with Crippen LogP contribution < -0.4 is 0 Å². The molecule has 0 unspecified atom stereocenters. The van der Waals surface area contributed by atoms with Gasteiger partial charge < -0.3 is 0 Å². The predicted molar refractivity (Wildman–Crippen MR) is 529 cm³/mol. The first-order valence-electron chi connectivity index (χ1n) is 42.9. The van der Waals surface area contributed by atoms with Crippen molar-refractivity contribution >= 4 is 53.9 Å². The molecule has 0 N–H and O–H groups in total. The van der Waals surface area contributed by atoms with Crippen LogP contribution in [0, 0.1) is 0 Å². The molecule has 0 aliphatic rings. The zero-order valence-corrected chi connectivity index (χ0v) is 69.6. The van der Waals surface area contributed by atoms with Gasteiger partial charge in [0, 0.05) is 104 Å². The van der Waals surface area contributed by atoms with Crippen molar-refractivity contribution < 1.29 is 0 Å². The lowest BCUT2D eigenvalue weighted by molar-refractivity contribution is 1.18. The molecular formula is C119H79N9. The van der Waals surface area contributed by atoms with Crippen molar-refractivity contribution in [3.63, 3.8) is 0 Å². The minimum Gasteiger partial charge on any atom is -0.264 e. The molecule has 6 heterocycles. The topological polar surface area (TPSA) is 116 Å². The van der Waals surface area contributed by atoms with Crippen LogP contribution in [0.3, 0.4) is 0 Å². The molecule has 0 saturated carbocycles. The van der Waals surface area contributed by atoms with Crippen molar-refractivity contribution in [2.75, 3.05) is 0 Å². The van der Waals surface area contributed by atoms with Gasteiger partial charge in [0.05, 0.1) is 34.2 Å². The molecule has 6 aromatic heterocycles. The van der Waals surface area contributed by atoms with Gasteiger partial charge in [0.2, 0.25) is 0 Å². The molecule has 128 heavy (non-hydrogen) atoms. The second-order valence-corrected chi connectivity index (χ2v) is 31.7. The van der Waals surface area contributed by atoms with E-state index in [1.165, 1.54) is 54.4 Å². The Bertz CT molecular complexity index is 8010. The van der Waals surface area contributed by atoms with Crippen LogP contribution in [0.2, 0.25) is 0 Å². The minimum atomic E-state index is 0.700. The molecule has 23 aromatic rings. The first-order valence-corrected chi connectivity index (χ1v) is 42.9. The van der Waals surface area contributed by atoms with Crippen LogP contribution in [0.25, 0.3) is 222 Å². The fourth-order valence-corrected chi connectivity index (χ4v) is 16.8. The molecular weight excluding hydrogens is 1560 g/mol. The zero-order valence-electron chi connectivity index (χ0n) is 69.6. The average molecular weight is 1640 g/mol. The van der Waals surface area contributed by atoms with E-state index in [9.17, 15) is 0 Å². The van der Waals surface area contributed by atoms with E-state index in [1.54, 1.807) is 18.6 Å². The number of fused-ring (bicyclic) bond motifs is 5. The maximum absolute atomic E-state index is 5.19. The summed E-state index contributed by atoms with van der Waals surface area (Å²) < 4.78 is 0. The van der Waals surface area contributed by atoms with Gasteiger partial charge in [0.15, 0.2) is 17.5 Å². The van der Waals surface area contributed by atoms with Gasteiger partial charge in [-0.2, -0.15) is 0 Å². The lowest BCUT2D eigenvalue weighted by Crippen LogP contribution is -1.97. The Balaban J connectivity index is 0.000000117. The Morgan fingerprint density at radius 1 is 0.125 bits per heavy atom. The van der Waals surface area contributed by atoms with Gasteiger partial charge in [-0.1, -0.05) is 346 Å². The number of rotatable bonds is 15. The number of nitrogens with zero attached hydrogens (tertiary/aromatic N) is 9. The third-order valence-electron chi connectivity index (χ3n) is 23.4. The quantitative estimate of drug-likeness (QED) is 0.0989. The molecule has 9 heteroatoms. The first kappa shape index (κ1) is 78.0. The number of hydrogen-bond donors (Lipinski definition) is 0. The molecule has 0 saturated heterocycles. The van der Waals surface area contributed by atoms with Crippen LogP contribution in [0.15, 0.2) is 480 Å². The molecule has 0 bridgehead atoms. The zero-order chi connectivity index (χ0) is 85.3. The Morgan fingerprint density at radius 3 is 0.695 bits per heavy atom. The standard InChI is InChI=1S/2C41H27N3.C37H25N3/c1-3-10-30-22-34(19-17-28(30)8-1)32-12-5-14-35(23-32)39-26-40(36-15-6-13-33(24-36)38-16-7-21-42-27-38)44-41(43-39)37-20-18-29-9-2-4-11-31(29)25-37;1-2-11-30-23-33(21-20-28(30)9-1)31-13-5-15-34(24-31)39-26-40(35-16-6-14-32(25-35)36-17-8-22-42-27-36)44-41(43-39)38-19-7-12-29-10-3-4-18-37(29)38;1-2-10-27(11-3-1)37-39-35(24-36(40-37)33-16-7-14-30(23-33)34-17-8-20-38-25-34)32-15-6-13-29(22-32)31-19-18-26-9-4-5-12-28(26)21-31/h2*1-27H;1-25H. The summed E-state index contributed by atoms with van der Waals surface area (Å²) >= 11 is 0. The third-order valence-corrected chi connectivity index (χ3v) is 23.4. The summed E-state index contributed by atoms with van der Waals surface area (Å²) in [7, 11) is 0. The average Bonchev–Trinajstić information content (AvgIpc) is 0.788. The van der Waals surface area contributed by atoms with E-state index < -0.39 is 0 Å². The summed E-state index contributed by atoms with van der Waals surface area (Å²) in [6.45, 7) is 0. The first-order chi connectivity index (χ1) is 63.3. The maximum atomic E-state index is 5.19. The highest BCUT2D eigenvalue weighted by atomic mass is 14.9. The number of hydrogen-bond acceptors (Lipinski definition) is 9. The Kier molecular flexibility index (Phi) is 21.7. The van der Waals surface area contributed by atoms with E-state index in [1.807, 2.05) is 55.0 Å². The van der Waals surface area contributed by atoms with Crippen molar-refractivity contribution in [2.24, 2.45) is 0 Å². The SMILES string of the molecule is c1ccc(-c2nc(-c3cccc(-c4cccnc4)c3)cc(-c3cccc(-c4ccc5ccccc5c4)c3)n2)cc1.c1cncc(-c2cccc(-c3cc(-c4cccc(-c5ccc6ccccc6c5)c4)nc(-c4ccc5ccccc5c4)n3)c2)c1.c1cncc(-c2cccc(-c3cc(-c4cccc(-c5ccc6ccccc6c5)c4)nc(-c4cccc5ccccc45)n3)c2)c1. The highest BCUT2D eigenvalue weighted by Crippen LogP contribution is 2.40. The van der Waals surface area contributed by atoms with Crippen LogP contribution in [-0.2, 0) is 0 Å². The van der Waals surface area contributed by atoms with Gasteiger partial charge in [-0.05, 0) is 201 Å². The Hall–Kier alpha value is -17.3. The highest BCUT2D eigenvalue weighted by Gasteiger charge is 2.19. The molecule has 0 atom stereocenters. The van der Waals surface area contributed by atoms with Crippen LogP contribution in [0.5, 0.6) is 0 Å². The summed E-state index contributed by atoms with van der Waals surface area (Å²) in [4.78, 5) is 43.7. The maximum Gasteiger partial charge on any atom is 0.161 e. The van der Waals surface area contributed by atoms with Gasteiger partial charge in [0.1, 0.15) is 0 Å². The fraction of sp³-hybridized carbons (Fsp3) is 0. The van der Waals surface area contributed by atoms with Gasteiger partial charge in [-0.15, -0.1) is 0 Å². The van der Waals surface area contributed by atoms with Crippen molar-refractivity contribution in [2.45, 2.75) is 0 Å². The van der Waals surface area contributed by atoms with Gasteiger partial charge in [0.25, 0.3) is 0 Å². The summed E-state index contributed by atoms with van der Waals surface area (Å²) in [5.74, 6) is 2.11. The second-order valence-electron chi connectivity index (χ2n) is 31.7. The second kappa shape index (κ2) is 35.7. The van der Waals surface area contributed by atoms with Crippen LogP contribution in [0.1, 0.15) is 0 Å². The molecule has 17 aromatic carbocycles.